The Morgan fingerprint density at radius 3 is 2.72 bits per heavy atom. The van der Waals surface area contributed by atoms with Crippen molar-refractivity contribution in [3.8, 4) is 6.07 Å². The van der Waals surface area contributed by atoms with Crippen molar-refractivity contribution in [1.82, 2.24) is 19.7 Å². The fraction of sp³-hybridized carbons (Fsp3) is 0.385. The first-order valence-corrected chi connectivity index (χ1v) is 5.85. The minimum Gasteiger partial charge on any atom is -0.342 e. The van der Waals surface area contributed by atoms with Gasteiger partial charge in [-0.1, -0.05) is 0 Å². The van der Waals surface area contributed by atoms with Gasteiger partial charge in [0.05, 0.1) is 6.20 Å². The van der Waals surface area contributed by atoms with Crippen LogP contribution in [0.4, 0.5) is 0 Å². The van der Waals surface area contributed by atoms with Crippen LogP contribution in [0.15, 0.2) is 18.5 Å². The van der Waals surface area contributed by atoms with Gasteiger partial charge in [0.15, 0.2) is 0 Å². The van der Waals surface area contributed by atoms with Crippen LogP contribution >= 0.6 is 0 Å². The number of aromatic nitrogens is 3. The molecule has 2 aromatic rings. The Balaban J connectivity index is 1.92. The van der Waals surface area contributed by atoms with Gasteiger partial charge in [-0.2, -0.15) is 10.4 Å². The monoisotopic (exact) mass is 243 g/mol. The maximum absolute atomic E-state index is 8.87. The first-order chi connectivity index (χ1) is 8.61. The second-order valence-corrected chi connectivity index (χ2v) is 4.44. The van der Waals surface area contributed by atoms with Crippen LogP contribution in [0.25, 0.3) is 0 Å². The average molecular weight is 243 g/mol. The predicted molar refractivity (Wildman–Crippen MR) is 68.6 cm³/mol. The number of nitriles is 1. The van der Waals surface area contributed by atoms with Crippen molar-refractivity contribution >= 4 is 0 Å². The molecule has 18 heavy (non-hydrogen) atoms. The van der Waals surface area contributed by atoms with E-state index in [1.165, 1.54) is 11.3 Å². The van der Waals surface area contributed by atoms with E-state index in [1.54, 1.807) is 0 Å². The van der Waals surface area contributed by atoms with Crippen molar-refractivity contribution in [2.24, 2.45) is 14.1 Å². The van der Waals surface area contributed by atoms with Crippen LogP contribution in [0, 0.1) is 18.3 Å². The number of aryl methyl sites for hydroxylation is 2. The molecule has 2 heterocycles. The Hall–Kier alpha value is -2.06. The average Bonchev–Trinajstić information content (AvgIpc) is 2.86. The molecule has 2 rings (SSSR count). The van der Waals surface area contributed by atoms with Crippen molar-refractivity contribution in [3.05, 3.63) is 41.0 Å². The summed E-state index contributed by atoms with van der Waals surface area (Å²) in [6.07, 6.45) is 3.86. The summed E-state index contributed by atoms with van der Waals surface area (Å²) in [7, 11) is 3.82. The lowest BCUT2D eigenvalue weighted by Crippen LogP contribution is -2.12. The van der Waals surface area contributed by atoms with Crippen molar-refractivity contribution in [3.63, 3.8) is 0 Å². The van der Waals surface area contributed by atoms with E-state index in [2.05, 4.69) is 23.4 Å². The lowest BCUT2D eigenvalue weighted by atomic mass is 10.2. The summed E-state index contributed by atoms with van der Waals surface area (Å²) >= 11 is 0. The van der Waals surface area contributed by atoms with Crippen molar-refractivity contribution in [2.45, 2.75) is 20.0 Å². The molecule has 5 heteroatoms. The van der Waals surface area contributed by atoms with E-state index in [0.717, 1.165) is 18.7 Å². The highest BCUT2D eigenvalue weighted by Gasteiger charge is 2.04. The molecule has 0 atom stereocenters. The second-order valence-electron chi connectivity index (χ2n) is 4.44. The first kappa shape index (κ1) is 12.4. The zero-order valence-electron chi connectivity index (χ0n) is 10.9. The second kappa shape index (κ2) is 5.07. The smallest absolute Gasteiger partial charge is 0.120 e. The number of hydrogen-bond donors (Lipinski definition) is 1. The summed E-state index contributed by atoms with van der Waals surface area (Å²) in [5.74, 6) is 0. The van der Waals surface area contributed by atoms with Crippen LogP contribution in [0.1, 0.15) is 22.5 Å². The molecular formula is C13H17N5. The van der Waals surface area contributed by atoms with Crippen LogP contribution in [0.5, 0.6) is 0 Å². The number of nitrogens with zero attached hydrogens (tertiary/aromatic N) is 4. The van der Waals surface area contributed by atoms with Gasteiger partial charge in [-0.3, -0.25) is 4.68 Å². The molecule has 0 unspecified atom stereocenters. The molecule has 0 aliphatic heterocycles. The molecule has 0 radical (unpaired) electrons. The van der Waals surface area contributed by atoms with E-state index in [9.17, 15) is 0 Å². The molecule has 0 aliphatic carbocycles. The van der Waals surface area contributed by atoms with Gasteiger partial charge in [-0.15, -0.1) is 0 Å². The SMILES string of the molecule is Cc1c(CNCc2cc(C#N)n(C)c2)cnn1C. The van der Waals surface area contributed by atoms with Gasteiger partial charge in [-0.25, -0.2) is 0 Å². The summed E-state index contributed by atoms with van der Waals surface area (Å²) in [5.41, 5.74) is 4.18. The molecule has 0 saturated carbocycles. The van der Waals surface area contributed by atoms with E-state index in [4.69, 9.17) is 5.26 Å². The summed E-state index contributed by atoms with van der Waals surface area (Å²) < 4.78 is 3.71. The van der Waals surface area contributed by atoms with E-state index in [1.807, 2.05) is 41.8 Å². The maximum atomic E-state index is 8.87. The summed E-state index contributed by atoms with van der Waals surface area (Å²) in [6, 6.07) is 4.06. The molecule has 0 aromatic carbocycles. The van der Waals surface area contributed by atoms with Gasteiger partial charge in [0.2, 0.25) is 0 Å². The van der Waals surface area contributed by atoms with E-state index >= 15 is 0 Å². The summed E-state index contributed by atoms with van der Waals surface area (Å²) in [6.45, 7) is 3.60. The summed E-state index contributed by atoms with van der Waals surface area (Å²) in [5, 5.41) is 16.4. The molecule has 0 aliphatic rings. The minimum absolute atomic E-state index is 0.685. The minimum atomic E-state index is 0.685. The number of rotatable bonds is 4. The molecule has 5 nitrogen and oxygen atoms in total. The van der Waals surface area contributed by atoms with Crippen LogP contribution in [-0.2, 0) is 27.2 Å². The fourth-order valence-corrected chi connectivity index (χ4v) is 1.90. The highest BCUT2D eigenvalue weighted by atomic mass is 15.3. The third-order valence-corrected chi connectivity index (χ3v) is 3.16. The lowest BCUT2D eigenvalue weighted by molar-refractivity contribution is 0.683. The third-order valence-electron chi connectivity index (χ3n) is 3.16. The molecule has 0 fully saturated rings. The number of hydrogen-bond acceptors (Lipinski definition) is 3. The number of nitrogens with one attached hydrogen (secondary N) is 1. The van der Waals surface area contributed by atoms with Crippen molar-refractivity contribution in [1.29, 1.82) is 5.26 Å². The first-order valence-electron chi connectivity index (χ1n) is 5.85. The molecular weight excluding hydrogens is 226 g/mol. The van der Waals surface area contributed by atoms with Crippen LogP contribution in [-0.4, -0.2) is 14.3 Å². The van der Waals surface area contributed by atoms with E-state index in [0.29, 0.717) is 5.69 Å². The van der Waals surface area contributed by atoms with Crippen molar-refractivity contribution < 1.29 is 0 Å². The predicted octanol–water partition coefficient (Wildman–Crippen LogP) is 1.23. The highest BCUT2D eigenvalue weighted by molar-refractivity contribution is 5.28. The lowest BCUT2D eigenvalue weighted by Gasteiger charge is -2.02. The third kappa shape index (κ3) is 2.44. The Morgan fingerprint density at radius 1 is 1.39 bits per heavy atom. The molecule has 0 bridgehead atoms. The normalized spacial score (nSPS) is 10.6. The maximum Gasteiger partial charge on any atom is 0.120 e. The Labute approximate surface area is 107 Å². The van der Waals surface area contributed by atoms with Gasteiger partial charge in [-0.05, 0) is 18.6 Å². The van der Waals surface area contributed by atoms with Crippen LogP contribution in [0.2, 0.25) is 0 Å². The van der Waals surface area contributed by atoms with Gasteiger partial charge < -0.3 is 9.88 Å². The molecule has 2 aromatic heterocycles. The Morgan fingerprint density at radius 2 is 2.17 bits per heavy atom. The molecule has 0 amide bonds. The Kier molecular flexibility index (Phi) is 3.49. The van der Waals surface area contributed by atoms with Crippen molar-refractivity contribution in [2.75, 3.05) is 0 Å². The van der Waals surface area contributed by atoms with E-state index in [-0.39, 0.29) is 0 Å². The quantitative estimate of drug-likeness (QED) is 0.878. The van der Waals surface area contributed by atoms with Gasteiger partial charge in [0, 0.05) is 44.6 Å². The highest BCUT2D eigenvalue weighted by Crippen LogP contribution is 2.08. The van der Waals surface area contributed by atoms with Crippen LogP contribution in [0.3, 0.4) is 0 Å². The van der Waals surface area contributed by atoms with E-state index < -0.39 is 0 Å². The molecule has 0 spiro atoms. The zero-order valence-corrected chi connectivity index (χ0v) is 10.9. The molecule has 94 valence electrons. The Bertz CT molecular complexity index is 585. The largest absolute Gasteiger partial charge is 0.342 e. The van der Waals surface area contributed by atoms with Crippen LogP contribution < -0.4 is 5.32 Å². The molecule has 1 N–H and O–H groups in total. The zero-order chi connectivity index (χ0) is 13.1. The fourth-order valence-electron chi connectivity index (χ4n) is 1.90. The van der Waals surface area contributed by atoms with Gasteiger partial charge in [0.25, 0.3) is 0 Å². The van der Waals surface area contributed by atoms with Gasteiger partial charge >= 0.3 is 0 Å². The van der Waals surface area contributed by atoms with Gasteiger partial charge in [0.1, 0.15) is 11.8 Å². The molecule has 0 saturated heterocycles. The summed E-state index contributed by atoms with van der Waals surface area (Å²) in [4.78, 5) is 0. The standard InChI is InChI=1S/C13H17N5/c1-10-12(8-16-18(10)3)7-15-6-11-4-13(5-14)17(2)9-11/h4,8-9,15H,6-7H2,1-3H3. The topological polar surface area (TPSA) is 58.6 Å².